The van der Waals surface area contributed by atoms with Crippen LogP contribution in [-0.2, 0) is 16.6 Å². The highest BCUT2D eigenvalue weighted by atomic mass is 35.7. The second kappa shape index (κ2) is 12.7. The number of hydrogen-bond acceptors (Lipinski definition) is 8. The van der Waals surface area contributed by atoms with Crippen LogP contribution in [0.15, 0.2) is 83.8 Å². The molecule has 1 fully saturated rings. The highest BCUT2D eigenvalue weighted by Crippen LogP contribution is 2.23. The van der Waals surface area contributed by atoms with Crippen molar-refractivity contribution < 1.29 is 42.1 Å². The van der Waals surface area contributed by atoms with Crippen LogP contribution in [0.2, 0.25) is 0 Å². The molecule has 0 unspecified atom stereocenters. The molecule has 12 heteroatoms. The molecular weight excluding hydrogens is 534 g/mol. The predicted molar refractivity (Wildman–Crippen MR) is 133 cm³/mol. The summed E-state index contributed by atoms with van der Waals surface area (Å²) in [4.78, 5) is 17.4. The van der Waals surface area contributed by atoms with Crippen LogP contribution in [0.25, 0.3) is 0 Å². The Balaban J connectivity index is 0.000000732. The SMILES string of the molecule is Cc1ccc(S(=O)(=O)N(C)c2ccc(C(=O)N3CCN(Cc4ccccc4)CC3)cc2)cc1.[O-][Cl+3]([O-])([O-])O. The van der Waals surface area contributed by atoms with E-state index in [1.807, 2.05) is 30.0 Å². The van der Waals surface area contributed by atoms with Gasteiger partial charge in [0.05, 0.1) is 25.5 Å². The summed E-state index contributed by atoms with van der Waals surface area (Å²) in [5.41, 5.74) is 3.36. The molecule has 0 bridgehead atoms. The van der Waals surface area contributed by atoms with Gasteiger partial charge in [-0.2, -0.15) is 14.0 Å². The Bertz CT molecular complexity index is 1290. The number of benzene rings is 3. The monoisotopic (exact) mass is 563 g/mol. The fourth-order valence-electron chi connectivity index (χ4n) is 3.95. The van der Waals surface area contributed by atoms with Gasteiger partial charge in [-0.05, 0) is 48.9 Å². The second-order valence-electron chi connectivity index (χ2n) is 8.78. The maximum Gasteiger partial charge on any atom is 0.264 e. The van der Waals surface area contributed by atoms with Gasteiger partial charge in [0.15, 0.2) is 0 Å². The molecule has 10 nitrogen and oxygen atoms in total. The fourth-order valence-corrected chi connectivity index (χ4v) is 5.15. The topological polar surface area (TPSA) is 150 Å². The molecule has 4 rings (SSSR count). The molecule has 0 spiro atoms. The first-order chi connectivity index (χ1) is 17.8. The number of rotatable bonds is 6. The Morgan fingerprint density at radius 2 is 1.42 bits per heavy atom. The number of aryl methyl sites for hydroxylation is 1. The van der Waals surface area contributed by atoms with Gasteiger partial charge in [-0.25, -0.2) is 8.42 Å². The molecule has 1 N–H and O–H groups in total. The number of carbonyl (C=O) groups is 1. The highest BCUT2D eigenvalue weighted by Gasteiger charge is 2.24. The van der Waals surface area contributed by atoms with E-state index in [1.54, 1.807) is 48.5 Å². The molecule has 1 aliphatic rings. The van der Waals surface area contributed by atoms with Gasteiger partial charge in [0.2, 0.25) is 0 Å². The first kappa shape index (κ1) is 29.5. The molecule has 1 amide bonds. The van der Waals surface area contributed by atoms with Crippen LogP contribution in [-0.4, -0.2) is 62.0 Å². The molecule has 1 aliphatic heterocycles. The van der Waals surface area contributed by atoms with Crippen LogP contribution in [0.5, 0.6) is 0 Å². The lowest BCUT2D eigenvalue weighted by Crippen LogP contribution is -2.58. The molecule has 1 heterocycles. The van der Waals surface area contributed by atoms with Gasteiger partial charge in [0, 0.05) is 45.3 Å². The van der Waals surface area contributed by atoms with Gasteiger partial charge in [-0.3, -0.25) is 14.0 Å². The van der Waals surface area contributed by atoms with Gasteiger partial charge in [-0.15, -0.1) is 0 Å². The van der Waals surface area contributed by atoms with Crippen LogP contribution in [0.1, 0.15) is 21.5 Å². The molecule has 0 aliphatic carbocycles. The van der Waals surface area contributed by atoms with Crippen molar-refractivity contribution >= 4 is 21.6 Å². The van der Waals surface area contributed by atoms with E-state index in [1.165, 1.54) is 16.9 Å². The largest absolute Gasteiger partial charge is 0.336 e. The minimum atomic E-state index is -4.69. The zero-order chi connectivity index (χ0) is 27.9. The molecular formula is C26H30ClN3O7S. The molecule has 3 aromatic carbocycles. The van der Waals surface area contributed by atoms with Crippen molar-refractivity contribution in [3.05, 3.63) is 95.6 Å². The summed E-state index contributed by atoms with van der Waals surface area (Å²) in [6.07, 6.45) is 0. The molecule has 204 valence electrons. The van der Waals surface area contributed by atoms with E-state index >= 15 is 0 Å². The van der Waals surface area contributed by atoms with Crippen molar-refractivity contribution in [1.82, 2.24) is 9.80 Å². The Morgan fingerprint density at radius 3 is 1.95 bits per heavy atom. The maximum atomic E-state index is 13.0. The number of carbonyl (C=O) groups excluding carboxylic acids is 1. The lowest BCUT2D eigenvalue weighted by molar-refractivity contribution is -1.92. The smallest absolute Gasteiger partial charge is 0.264 e. The molecule has 1 saturated heterocycles. The number of anilines is 1. The van der Waals surface area contributed by atoms with Gasteiger partial charge >= 0.3 is 0 Å². The van der Waals surface area contributed by atoms with E-state index in [0.717, 1.165) is 25.2 Å². The summed E-state index contributed by atoms with van der Waals surface area (Å²) in [7, 11) is -6.83. The van der Waals surface area contributed by atoms with Gasteiger partial charge < -0.3 is 4.90 Å². The number of halogens is 1. The summed E-state index contributed by atoms with van der Waals surface area (Å²) in [6, 6.07) is 23.9. The third kappa shape index (κ3) is 8.50. The van der Waals surface area contributed by atoms with Crippen LogP contribution >= 0.6 is 0 Å². The van der Waals surface area contributed by atoms with Gasteiger partial charge in [0.1, 0.15) is 0 Å². The van der Waals surface area contributed by atoms with Crippen molar-refractivity contribution in [1.29, 1.82) is 0 Å². The zero-order valence-corrected chi connectivity index (χ0v) is 22.6. The lowest BCUT2D eigenvalue weighted by Gasteiger charge is -2.34. The molecule has 0 aromatic heterocycles. The lowest BCUT2D eigenvalue weighted by atomic mass is 10.1. The predicted octanol–water partition coefficient (Wildman–Crippen LogP) is -0.346. The molecule has 0 radical (unpaired) electrons. The standard InChI is InChI=1S/C26H29N3O3S.ClHO4/c1-21-8-14-25(15-9-21)33(31,32)27(2)24-12-10-23(11-13-24)26(30)29-18-16-28(17-19-29)20-22-6-4-3-5-7-22;2-1(3,4)5/h3-15H,16-20H2,1-2H3;(H,2,3,4,5). The van der Waals surface area contributed by atoms with E-state index < -0.39 is 20.3 Å². The minimum absolute atomic E-state index is 0.0232. The summed E-state index contributed by atoms with van der Waals surface area (Å²) in [5.74, 6) is -0.0232. The summed E-state index contributed by atoms with van der Waals surface area (Å²) >= 11 is 0. The van der Waals surface area contributed by atoms with E-state index in [9.17, 15) is 13.2 Å². The molecule has 38 heavy (non-hydrogen) atoms. The quantitative estimate of drug-likeness (QED) is 0.427. The summed E-state index contributed by atoms with van der Waals surface area (Å²) in [6.45, 7) is 5.81. The maximum absolute atomic E-state index is 13.0. The average molecular weight is 564 g/mol. The van der Waals surface area contributed by atoms with E-state index in [0.29, 0.717) is 24.3 Å². The summed E-state index contributed by atoms with van der Waals surface area (Å²) in [5, 5.41) is 0. The third-order valence-corrected chi connectivity index (χ3v) is 7.87. The van der Waals surface area contributed by atoms with Crippen molar-refractivity contribution in [2.24, 2.45) is 0 Å². The number of amides is 1. The number of hydrogen-bond donors (Lipinski definition) is 1. The number of nitrogens with zero attached hydrogens (tertiary/aromatic N) is 3. The Labute approximate surface area is 224 Å². The van der Waals surface area contributed by atoms with E-state index in [-0.39, 0.29) is 10.8 Å². The molecule has 3 aromatic rings. The van der Waals surface area contributed by atoms with Crippen molar-refractivity contribution in [3.8, 4) is 0 Å². The van der Waals surface area contributed by atoms with Crippen molar-refractivity contribution in [2.75, 3.05) is 37.5 Å². The normalized spacial score (nSPS) is 14.4. The summed E-state index contributed by atoms with van der Waals surface area (Å²) < 4.78 is 59.8. The molecule has 0 saturated carbocycles. The Kier molecular flexibility index (Phi) is 9.85. The third-order valence-electron chi connectivity index (χ3n) is 6.07. The second-order valence-corrected chi connectivity index (χ2v) is 11.5. The fraction of sp³-hybridized carbons (Fsp3) is 0.269. The average Bonchev–Trinajstić information content (AvgIpc) is 2.88. The van der Waals surface area contributed by atoms with Crippen LogP contribution < -0.4 is 18.3 Å². The number of sulfonamides is 1. The minimum Gasteiger partial charge on any atom is -0.336 e. The first-order valence-electron chi connectivity index (χ1n) is 11.7. The van der Waals surface area contributed by atoms with Gasteiger partial charge in [0.25, 0.3) is 15.9 Å². The Hall–Kier alpha value is -3.03. The number of piperazine rings is 1. The van der Waals surface area contributed by atoms with Crippen molar-refractivity contribution in [2.45, 2.75) is 18.4 Å². The van der Waals surface area contributed by atoms with E-state index in [4.69, 9.17) is 18.6 Å². The molecule has 0 atom stereocenters. The van der Waals surface area contributed by atoms with Crippen molar-refractivity contribution in [3.63, 3.8) is 0 Å². The van der Waals surface area contributed by atoms with Crippen LogP contribution in [0.3, 0.4) is 0 Å². The first-order valence-corrected chi connectivity index (χ1v) is 14.4. The van der Waals surface area contributed by atoms with Gasteiger partial charge in [-0.1, -0.05) is 48.0 Å². The van der Waals surface area contributed by atoms with Crippen LogP contribution in [0, 0.1) is 17.2 Å². The zero-order valence-electron chi connectivity index (χ0n) is 21.1. The Morgan fingerprint density at radius 1 is 0.895 bits per heavy atom. The van der Waals surface area contributed by atoms with Crippen LogP contribution in [0.4, 0.5) is 5.69 Å². The highest BCUT2D eigenvalue weighted by molar-refractivity contribution is 7.92. The van der Waals surface area contributed by atoms with E-state index in [2.05, 4.69) is 17.0 Å².